The van der Waals surface area contributed by atoms with Gasteiger partial charge >= 0.3 is 0 Å². The summed E-state index contributed by atoms with van der Waals surface area (Å²) in [7, 11) is 0. The Balaban J connectivity index is 1.50. The molecule has 2 aromatic heterocycles. The summed E-state index contributed by atoms with van der Waals surface area (Å²) in [4.78, 5) is 19.1. The van der Waals surface area contributed by atoms with Gasteiger partial charge < -0.3 is 20.0 Å². The number of nitrogens with one attached hydrogen (secondary N) is 2. The fourth-order valence-corrected chi connectivity index (χ4v) is 4.05. The minimum atomic E-state index is -0.170. The Labute approximate surface area is 181 Å². The van der Waals surface area contributed by atoms with E-state index >= 15 is 0 Å². The van der Waals surface area contributed by atoms with Crippen LogP contribution in [0.2, 0.25) is 0 Å². The number of carbonyl (C=O) groups excluding carboxylic acids is 1. The summed E-state index contributed by atoms with van der Waals surface area (Å²) in [5.74, 6) is 0.735. The number of rotatable bonds is 6. The highest BCUT2D eigenvalue weighted by Gasteiger charge is 2.41. The molecule has 0 aliphatic carbocycles. The summed E-state index contributed by atoms with van der Waals surface area (Å²) in [6.45, 7) is 4.46. The Morgan fingerprint density at radius 1 is 1.23 bits per heavy atom. The van der Waals surface area contributed by atoms with Gasteiger partial charge in [0.15, 0.2) is 5.11 Å². The quantitative estimate of drug-likeness (QED) is 0.580. The zero-order valence-electron chi connectivity index (χ0n) is 17.0. The molecule has 1 amide bonds. The van der Waals surface area contributed by atoms with E-state index in [0.29, 0.717) is 18.1 Å². The first-order valence-electron chi connectivity index (χ1n) is 9.91. The Morgan fingerprint density at radius 2 is 2.10 bits per heavy atom. The normalized spacial score (nSPS) is 18.3. The van der Waals surface area contributed by atoms with Gasteiger partial charge in [-0.05, 0) is 67.5 Å². The number of nitrogens with zero attached hydrogens (tertiary/aromatic N) is 2. The highest BCUT2D eigenvalue weighted by atomic mass is 32.1. The molecular weight excluding hydrogens is 396 g/mol. The van der Waals surface area contributed by atoms with E-state index in [2.05, 4.69) is 15.6 Å². The fourth-order valence-electron chi connectivity index (χ4n) is 3.72. The first-order chi connectivity index (χ1) is 14.5. The number of carbonyl (C=O) groups is 1. The van der Waals surface area contributed by atoms with Crippen molar-refractivity contribution in [2.45, 2.75) is 32.4 Å². The second kappa shape index (κ2) is 8.67. The molecule has 0 bridgehead atoms. The van der Waals surface area contributed by atoms with Gasteiger partial charge in [0.2, 0.25) is 5.91 Å². The van der Waals surface area contributed by atoms with Gasteiger partial charge in [0.05, 0.1) is 18.0 Å². The lowest BCUT2D eigenvalue weighted by molar-refractivity contribution is -0.116. The van der Waals surface area contributed by atoms with Gasteiger partial charge in [-0.1, -0.05) is 18.2 Å². The average Bonchev–Trinajstić information content (AvgIpc) is 3.37. The molecule has 0 radical (unpaired) electrons. The summed E-state index contributed by atoms with van der Waals surface area (Å²) in [6, 6.07) is 15.3. The Morgan fingerprint density at radius 3 is 2.83 bits per heavy atom. The lowest BCUT2D eigenvalue weighted by Gasteiger charge is -2.25. The van der Waals surface area contributed by atoms with E-state index in [0.717, 1.165) is 28.3 Å². The number of aryl methyl sites for hydroxylation is 2. The Kier molecular flexibility index (Phi) is 5.81. The van der Waals surface area contributed by atoms with Crippen LogP contribution in [-0.2, 0) is 4.79 Å². The molecule has 0 spiro atoms. The molecule has 0 unspecified atom stereocenters. The number of thiocarbonyl (C=S) groups is 1. The predicted octanol–water partition coefficient (Wildman–Crippen LogP) is 4.29. The van der Waals surface area contributed by atoms with E-state index in [4.69, 9.17) is 16.6 Å². The van der Waals surface area contributed by atoms with Crippen LogP contribution in [0.15, 0.2) is 65.4 Å². The summed E-state index contributed by atoms with van der Waals surface area (Å²) < 4.78 is 5.71. The molecule has 154 valence electrons. The number of amides is 1. The highest BCUT2D eigenvalue weighted by Crippen LogP contribution is 2.38. The van der Waals surface area contributed by atoms with Gasteiger partial charge in [0.25, 0.3) is 0 Å². The van der Waals surface area contributed by atoms with E-state index in [-0.39, 0.29) is 18.0 Å². The topological polar surface area (TPSA) is 70.4 Å². The van der Waals surface area contributed by atoms with Crippen LogP contribution in [0.3, 0.4) is 0 Å². The maximum atomic E-state index is 12.6. The number of pyridine rings is 1. The molecule has 30 heavy (non-hydrogen) atoms. The van der Waals surface area contributed by atoms with Gasteiger partial charge in [-0.3, -0.25) is 9.78 Å². The third-order valence-electron chi connectivity index (χ3n) is 5.28. The molecule has 7 heteroatoms. The summed E-state index contributed by atoms with van der Waals surface area (Å²) >= 11 is 5.60. The maximum Gasteiger partial charge on any atom is 0.226 e. The average molecular weight is 421 g/mol. The summed E-state index contributed by atoms with van der Waals surface area (Å²) in [5.41, 5.74) is 3.87. The maximum absolute atomic E-state index is 12.6. The van der Waals surface area contributed by atoms with Crippen molar-refractivity contribution >= 4 is 28.9 Å². The predicted molar refractivity (Wildman–Crippen MR) is 120 cm³/mol. The van der Waals surface area contributed by atoms with Crippen LogP contribution >= 0.6 is 12.2 Å². The first-order valence-corrected chi connectivity index (χ1v) is 10.3. The van der Waals surface area contributed by atoms with Gasteiger partial charge in [-0.25, -0.2) is 0 Å². The van der Waals surface area contributed by atoms with E-state index in [1.807, 2.05) is 67.3 Å². The van der Waals surface area contributed by atoms with Crippen LogP contribution in [0, 0.1) is 13.8 Å². The van der Waals surface area contributed by atoms with Crippen molar-refractivity contribution in [2.75, 3.05) is 11.9 Å². The minimum absolute atomic E-state index is 0.0500. The molecule has 4 rings (SSSR count). The fraction of sp³-hybridized carbons (Fsp3) is 0.261. The second-order valence-corrected chi connectivity index (χ2v) is 7.84. The van der Waals surface area contributed by atoms with Crippen molar-refractivity contribution in [3.8, 4) is 0 Å². The molecule has 2 atom stereocenters. The number of hydrogen-bond donors (Lipinski definition) is 2. The summed E-state index contributed by atoms with van der Waals surface area (Å²) in [5, 5.41) is 6.96. The standard InChI is InChI=1S/C23H24N4O2S/c1-15-8-9-16(2)18(14-15)25-20(28)10-12-27-22(19-7-5-13-29-19)21(26-23(27)30)17-6-3-4-11-24-17/h3-9,11,13-14,21-22H,10,12H2,1-2H3,(H,25,28)(H,26,30)/t21-,22-/m1/s1. The summed E-state index contributed by atoms with van der Waals surface area (Å²) in [6.07, 6.45) is 3.72. The number of furan rings is 1. The highest BCUT2D eigenvalue weighted by molar-refractivity contribution is 7.80. The number of anilines is 1. The molecule has 2 N–H and O–H groups in total. The molecule has 0 saturated carbocycles. The molecule has 6 nitrogen and oxygen atoms in total. The van der Waals surface area contributed by atoms with Gasteiger partial charge in [0.1, 0.15) is 11.8 Å². The number of hydrogen-bond acceptors (Lipinski definition) is 4. The largest absolute Gasteiger partial charge is 0.467 e. The van der Waals surface area contributed by atoms with Crippen molar-refractivity contribution in [3.63, 3.8) is 0 Å². The monoisotopic (exact) mass is 420 g/mol. The van der Waals surface area contributed by atoms with Crippen LogP contribution in [0.25, 0.3) is 0 Å². The van der Waals surface area contributed by atoms with Crippen molar-refractivity contribution in [1.82, 2.24) is 15.2 Å². The second-order valence-electron chi connectivity index (χ2n) is 7.45. The van der Waals surface area contributed by atoms with E-state index < -0.39 is 0 Å². The third kappa shape index (κ3) is 4.21. The van der Waals surface area contributed by atoms with E-state index in [1.165, 1.54) is 0 Å². The SMILES string of the molecule is Cc1ccc(C)c(NC(=O)CCN2C(=S)N[C@H](c3ccccn3)[C@H]2c2ccco2)c1. The van der Waals surface area contributed by atoms with Crippen molar-refractivity contribution in [1.29, 1.82) is 0 Å². The molecule has 3 heterocycles. The third-order valence-corrected chi connectivity index (χ3v) is 5.63. The van der Waals surface area contributed by atoms with Crippen LogP contribution in [0.1, 0.15) is 41.1 Å². The molecular formula is C23H24N4O2S. The molecule has 1 aliphatic heterocycles. The van der Waals surface area contributed by atoms with Crippen molar-refractivity contribution in [2.24, 2.45) is 0 Å². The van der Waals surface area contributed by atoms with Gasteiger partial charge in [-0.2, -0.15) is 0 Å². The van der Waals surface area contributed by atoms with Gasteiger partial charge in [0, 0.05) is 24.8 Å². The van der Waals surface area contributed by atoms with Crippen LogP contribution in [-0.4, -0.2) is 27.4 Å². The number of aromatic nitrogens is 1. The first kappa shape index (κ1) is 20.1. The van der Waals surface area contributed by atoms with E-state index in [9.17, 15) is 4.79 Å². The Bertz CT molecular complexity index is 1040. The molecule has 1 aliphatic rings. The van der Waals surface area contributed by atoms with Crippen LogP contribution in [0.4, 0.5) is 5.69 Å². The van der Waals surface area contributed by atoms with Gasteiger partial charge in [-0.15, -0.1) is 0 Å². The minimum Gasteiger partial charge on any atom is -0.467 e. The van der Waals surface area contributed by atoms with Crippen molar-refractivity contribution < 1.29 is 9.21 Å². The van der Waals surface area contributed by atoms with E-state index in [1.54, 1.807) is 12.5 Å². The molecule has 1 saturated heterocycles. The lowest BCUT2D eigenvalue weighted by atomic mass is 10.0. The zero-order valence-corrected chi connectivity index (χ0v) is 17.8. The molecule has 1 aromatic carbocycles. The van der Waals surface area contributed by atoms with Crippen LogP contribution in [0.5, 0.6) is 0 Å². The molecule has 3 aromatic rings. The zero-order chi connectivity index (χ0) is 21.1. The van der Waals surface area contributed by atoms with Crippen molar-refractivity contribution in [3.05, 3.63) is 83.6 Å². The number of benzene rings is 1. The lowest BCUT2D eigenvalue weighted by Crippen LogP contribution is -2.32. The smallest absolute Gasteiger partial charge is 0.226 e. The Hall–Kier alpha value is -3.19. The van der Waals surface area contributed by atoms with Crippen LogP contribution < -0.4 is 10.6 Å². The molecule has 1 fully saturated rings.